The minimum atomic E-state index is 0.358. The first-order chi connectivity index (χ1) is 9.65. The van der Waals surface area contributed by atoms with Crippen molar-refractivity contribution in [2.75, 3.05) is 13.1 Å². The molecule has 20 heavy (non-hydrogen) atoms. The smallest absolute Gasteiger partial charge is 0.0236 e. The van der Waals surface area contributed by atoms with E-state index in [-0.39, 0.29) is 0 Å². The first-order valence-electron chi connectivity index (χ1n) is 8.13. The van der Waals surface area contributed by atoms with Gasteiger partial charge in [-0.25, -0.2) is 0 Å². The van der Waals surface area contributed by atoms with Crippen molar-refractivity contribution in [3.63, 3.8) is 0 Å². The van der Waals surface area contributed by atoms with Crippen LogP contribution in [0.15, 0.2) is 30.3 Å². The maximum atomic E-state index is 6.15. The van der Waals surface area contributed by atoms with E-state index in [4.69, 9.17) is 5.73 Å². The molecule has 0 saturated heterocycles. The van der Waals surface area contributed by atoms with E-state index in [0.717, 1.165) is 19.6 Å². The highest BCUT2D eigenvalue weighted by Crippen LogP contribution is 2.36. The lowest BCUT2D eigenvalue weighted by Crippen LogP contribution is -2.46. The summed E-state index contributed by atoms with van der Waals surface area (Å²) in [5.74, 6) is 0. The maximum Gasteiger partial charge on any atom is 0.0236 e. The van der Waals surface area contributed by atoms with Gasteiger partial charge in [0.1, 0.15) is 0 Å². The van der Waals surface area contributed by atoms with Gasteiger partial charge >= 0.3 is 0 Å². The molecule has 1 aromatic carbocycles. The van der Waals surface area contributed by atoms with Crippen LogP contribution in [0.1, 0.15) is 51.5 Å². The van der Waals surface area contributed by atoms with E-state index in [9.17, 15) is 0 Å². The molecular weight excluding hydrogens is 244 g/mol. The van der Waals surface area contributed by atoms with Gasteiger partial charge in [-0.2, -0.15) is 0 Å². The molecule has 0 bridgehead atoms. The molecule has 2 rings (SSSR count). The monoisotopic (exact) mass is 274 g/mol. The van der Waals surface area contributed by atoms with Crippen molar-refractivity contribution >= 4 is 0 Å². The molecule has 1 saturated carbocycles. The van der Waals surface area contributed by atoms with Crippen LogP contribution in [0.25, 0.3) is 0 Å². The molecule has 0 amide bonds. The summed E-state index contributed by atoms with van der Waals surface area (Å²) in [5, 5.41) is 0. The van der Waals surface area contributed by atoms with E-state index in [1.54, 1.807) is 0 Å². The van der Waals surface area contributed by atoms with Crippen molar-refractivity contribution in [2.24, 2.45) is 11.1 Å². The molecule has 1 fully saturated rings. The van der Waals surface area contributed by atoms with Crippen LogP contribution in [-0.4, -0.2) is 24.0 Å². The standard InChI is InChI=1S/C18H30N2/c1-16(2)20(13-17-9-5-3-6-10-17)15-18(14-19)11-7-4-8-12-18/h3,5-6,9-10,16H,4,7-8,11-15,19H2,1-2H3. The molecule has 0 aliphatic heterocycles. The van der Waals surface area contributed by atoms with Crippen LogP contribution in [0.3, 0.4) is 0 Å². The van der Waals surface area contributed by atoms with Crippen LogP contribution >= 0.6 is 0 Å². The molecule has 2 N–H and O–H groups in total. The Labute approximate surface area is 124 Å². The zero-order valence-electron chi connectivity index (χ0n) is 13.1. The summed E-state index contributed by atoms with van der Waals surface area (Å²) in [6, 6.07) is 11.4. The van der Waals surface area contributed by atoms with Crippen LogP contribution in [0.2, 0.25) is 0 Å². The van der Waals surface area contributed by atoms with E-state index in [1.807, 2.05) is 0 Å². The van der Waals surface area contributed by atoms with Gasteiger partial charge in [0.25, 0.3) is 0 Å². The zero-order valence-corrected chi connectivity index (χ0v) is 13.1. The van der Waals surface area contributed by atoms with Gasteiger partial charge in [-0.3, -0.25) is 4.90 Å². The van der Waals surface area contributed by atoms with Gasteiger partial charge in [-0.05, 0) is 44.2 Å². The molecule has 0 heterocycles. The topological polar surface area (TPSA) is 29.3 Å². The molecule has 1 aliphatic carbocycles. The second-order valence-electron chi connectivity index (χ2n) is 6.75. The van der Waals surface area contributed by atoms with Crippen molar-refractivity contribution in [3.8, 4) is 0 Å². The SMILES string of the molecule is CC(C)N(Cc1ccccc1)CC1(CN)CCCCC1. The lowest BCUT2D eigenvalue weighted by Gasteiger charge is -2.42. The van der Waals surface area contributed by atoms with Crippen LogP contribution in [0, 0.1) is 5.41 Å². The highest BCUT2D eigenvalue weighted by atomic mass is 15.2. The van der Waals surface area contributed by atoms with Crippen LogP contribution in [-0.2, 0) is 6.54 Å². The van der Waals surface area contributed by atoms with Gasteiger partial charge in [-0.1, -0.05) is 49.6 Å². The normalized spacial score (nSPS) is 18.6. The van der Waals surface area contributed by atoms with Gasteiger partial charge in [-0.15, -0.1) is 0 Å². The van der Waals surface area contributed by atoms with E-state index >= 15 is 0 Å². The summed E-state index contributed by atoms with van der Waals surface area (Å²) in [7, 11) is 0. The summed E-state index contributed by atoms with van der Waals surface area (Å²) in [4.78, 5) is 2.60. The van der Waals surface area contributed by atoms with Gasteiger partial charge < -0.3 is 5.73 Å². The highest BCUT2D eigenvalue weighted by molar-refractivity contribution is 5.14. The Bertz CT molecular complexity index is 380. The van der Waals surface area contributed by atoms with Crippen molar-refractivity contribution in [1.82, 2.24) is 4.90 Å². The molecule has 112 valence electrons. The van der Waals surface area contributed by atoms with Gasteiger partial charge in [0.05, 0.1) is 0 Å². The summed E-state index contributed by atoms with van der Waals surface area (Å²) in [5.41, 5.74) is 7.92. The number of rotatable bonds is 6. The second-order valence-corrected chi connectivity index (χ2v) is 6.75. The minimum Gasteiger partial charge on any atom is -0.330 e. The molecule has 0 unspecified atom stereocenters. The van der Waals surface area contributed by atoms with Crippen LogP contribution in [0.5, 0.6) is 0 Å². The number of hydrogen-bond donors (Lipinski definition) is 1. The van der Waals surface area contributed by atoms with E-state index in [0.29, 0.717) is 11.5 Å². The van der Waals surface area contributed by atoms with E-state index in [1.165, 1.54) is 37.7 Å². The number of benzene rings is 1. The van der Waals surface area contributed by atoms with E-state index in [2.05, 4.69) is 49.1 Å². The van der Waals surface area contributed by atoms with Gasteiger partial charge in [0.15, 0.2) is 0 Å². The molecule has 0 spiro atoms. The van der Waals surface area contributed by atoms with Gasteiger partial charge in [0, 0.05) is 19.1 Å². The Morgan fingerprint density at radius 3 is 2.30 bits per heavy atom. The van der Waals surface area contributed by atoms with E-state index < -0.39 is 0 Å². The average Bonchev–Trinajstić information content (AvgIpc) is 2.48. The quantitative estimate of drug-likeness (QED) is 0.855. The molecule has 1 aliphatic rings. The average molecular weight is 274 g/mol. The fourth-order valence-corrected chi connectivity index (χ4v) is 3.40. The maximum absolute atomic E-state index is 6.15. The third-order valence-electron chi connectivity index (χ3n) is 4.84. The van der Waals surface area contributed by atoms with Crippen molar-refractivity contribution in [1.29, 1.82) is 0 Å². The predicted octanol–water partition coefficient (Wildman–Crippen LogP) is 3.81. The molecule has 0 radical (unpaired) electrons. The Kier molecular flexibility index (Phi) is 5.62. The Hall–Kier alpha value is -0.860. The summed E-state index contributed by atoms with van der Waals surface area (Å²) in [6.45, 7) is 7.63. The second kappa shape index (κ2) is 7.24. The Morgan fingerprint density at radius 2 is 1.75 bits per heavy atom. The summed E-state index contributed by atoms with van der Waals surface area (Å²) >= 11 is 0. The van der Waals surface area contributed by atoms with Crippen molar-refractivity contribution in [2.45, 2.75) is 58.5 Å². The molecule has 0 aromatic heterocycles. The fourth-order valence-electron chi connectivity index (χ4n) is 3.40. The third-order valence-corrected chi connectivity index (χ3v) is 4.84. The number of nitrogens with zero attached hydrogens (tertiary/aromatic N) is 1. The molecule has 2 nitrogen and oxygen atoms in total. The largest absolute Gasteiger partial charge is 0.330 e. The summed E-state index contributed by atoms with van der Waals surface area (Å²) in [6.07, 6.45) is 6.72. The number of nitrogens with two attached hydrogens (primary N) is 1. The molecule has 1 aromatic rings. The summed E-state index contributed by atoms with van der Waals surface area (Å²) < 4.78 is 0. The first-order valence-corrected chi connectivity index (χ1v) is 8.13. The zero-order chi connectivity index (χ0) is 14.4. The molecule has 2 heteroatoms. The predicted molar refractivity (Wildman–Crippen MR) is 86.6 cm³/mol. The lowest BCUT2D eigenvalue weighted by molar-refractivity contribution is 0.0856. The lowest BCUT2D eigenvalue weighted by atomic mass is 9.73. The number of hydrogen-bond acceptors (Lipinski definition) is 2. The molecular formula is C18H30N2. The fraction of sp³-hybridized carbons (Fsp3) is 0.667. The third kappa shape index (κ3) is 4.07. The van der Waals surface area contributed by atoms with Crippen molar-refractivity contribution < 1.29 is 0 Å². The van der Waals surface area contributed by atoms with Crippen LogP contribution in [0.4, 0.5) is 0 Å². The molecule has 0 atom stereocenters. The highest BCUT2D eigenvalue weighted by Gasteiger charge is 2.33. The van der Waals surface area contributed by atoms with Crippen molar-refractivity contribution in [3.05, 3.63) is 35.9 Å². The first kappa shape index (κ1) is 15.5. The Balaban J connectivity index is 2.04. The van der Waals surface area contributed by atoms with Gasteiger partial charge in [0.2, 0.25) is 0 Å². The minimum absolute atomic E-state index is 0.358. The Morgan fingerprint density at radius 1 is 1.10 bits per heavy atom. The van der Waals surface area contributed by atoms with Crippen LogP contribution < -0.4 is 5.73 Å².